The Morgan fingerprint density at radius 2 is 2.38 bits per heavy atom. The van der Waals surface area contributed by atoms with Crippen LogP contribution in [0.2, 0.25) is 0 Å². The SMILES string of the molecule is Cc1nc2cccc(N3CCC(N)C3)c2s1. The molecule has 1 aliphatic rings. The van der Waals surface area contributed by atoms with Crippen LogP contribution in [0.3, 0.4) is 0 Å². The number of fused-ring (bicyclic) bond motifs is 1. The van der Waals surface area contributed by atoms with E-state index >= 15 is 0 Å². The third-order valence-electron chi connectivity index (χ3n) is 3.07. The van der Waals surface area contributed by atoms with Crippen molar-refractivity contribution in [3.05, 3.63) is 23.2 Å². The molecule has 3 nitrogen and oxygen atoms in total. The van der Waals surface area contributed by atoms with Crippen molar-refractivity contribution in [3.63, 3.8) is 0 Å². The largest absolute Gasteiger partial charge is 0.369 e. The van der Waals surface area contributed by atoms with Gasteiger partial charge in [-0.2, -0.15) is 0 Å². The van der Waals surface area contributed by atoms with Crippen molar-refractivity contribution in [3.8, 4) is 0 Å². The molecule has 1 saturated heterocycles. The molecule has 3 rings (SSSR count). The first-order valence-corrected chi connectivity index (χ1v) is 6.42. The molecule has 2 N–H and O–H groups in total. The van der Waals surface area contributed by atoms with Gasteiger partial charge >= 0.3 is 0 Å². The number of hydrogen-bond acceptors (Lipinski definition) is 4. The standard InChI is InChI=1S/C12H15N3S/c1-8-14-10-3-2-4-11(12(10)16-8)15-6-5-9(13)7-15/h2-4,9H,5-7,13H2,1H3. The number of benzene rings is 1. The van der Waals surface area contributed by atoms with Crippen molar-refractivity contribution in [2.45, 2.75) is 19.4 Å². The van der Waals surface area contributed by atoms with E-state index in [9.17, 15) is 0 Å². The van der Waals surface area contributed by atoms with Crippen molar-refractivity contribution in [1.29, 1.82) is 0 Å². The molecule has 84 valence electrons. The van der Waals surface area contributed by atoms with Crippen molar-refractivity contribution >= 4 is 27.2 Å². The number of hydrogen-bond donors (Lipinski definition) is 1. The van der Waals surface area contributed by atoms with Crippen LogP contribution in [0.1, 0.15) is 11.4 Å². The summed E-state index contributed by atoms with van der Waals surface area (Å²) in [6, 6.07) is 6.67. The summed E-state index contributed by atoms with van der Waals surface area (Å²) in [6.07, 6.45) is 1.09. The third kappa shape index (κ3) is 1.58. The van der Waals surface area contributed by atoms with Gasteiger partial charge in [0.2, 0.25) is 0 Å². The first-order chi connectivity index (χ1) is 7.74. The van der Waals surface area contributed by atoms with Crippen molar-refractivity contribution in [1.82, 2.24) is 4.98 Å². The normalized spacial score (nSPS) is 20.9. The molecule has 4 heteroatoms. The molecule has 0 saturated carbocycles. The first kappa shape index (κ1) is 10.1. The lowest BCUT2D eigenvalue weighted by atomic mass is 10.2. The molecule has 1 aliphatic heterocycles. The van der Waals surface area contributed by atoms with Gasteiger partial charge in [-0.15, -0.1) is 11.3 Å². The first-order valence-electron chi connectivity index (χ1n) is 5.61. The topological polar surface area (TPSA) is 42.2 Å². The Morgan fingerprint density at radius 1 is 1.50 bits per heavy atom. The summed E-state index contributed by atoms with van der Waals surface area (Å²) in [5.41, 5.74) is 8.37. The maximum atomic E-state index is 5.96. The molecular weight excluding hydrogens is 218 g/mol. The monoisotopic (exact) mass is 233 g/mol. The number of aromatic nitrogens is 1. The van der Waals surface area contributed by atoms with Gasteiger partial charge in [-0.25, -0.2) is 4.98 Å². The van der Waals surface area contributed by atoms with Crippen molar-refractivity contribution < 1.29 is 0 Å². The highest BCUT2D eigenvalue weighted by Gasteiger charge is 2.21. The van der Waals surface area contributed by atoms with E-state index in [0.29, 0.717) is 6.04 Å². The zero-order valence-corrected chi connectivity index (χ0v) is 10.1. The average Bonchev–Trinajstić information content (AvgIpc) is 2.82. The van der Waals surface area contributed by atoms with Gasteiger partial charge in [0, 0.05) is 19.1 Å². The summed E-state index contributed by atoms with van der Waals surface area (Å²) in [5, 5.41) is 1.13. The molecule has 1 aromatic heterocycles. The van der Waals surface area contributed by atoms with Crippen LogP contribution in [-0.2, 0) is 0 Å². The van der Waals surface area contributed by atoms with Gasteiger partial charge in [-0.05, 0) is 25.5 Å². The van der Waals surface area contributed by atoms with Crippen molar-refractivity contribution in [2.24, 2.45) is 5.73 Å². The van der Waals surface area contributed by atoms with Gasteiger partial charge in [0.15, 0.2) is 0 Å². The van der Waals surface area contributed by atoms with E-state index < -0.39 is 0 Å². The fourth-order valence-electron chi connectivity index (χ4n) is 2.30. The van der Waals surface area contributed by atoms with Crippen LogP contribution in [0.5, 0.6) is 0 Å². The molecule has 1 atom stereocenters. The molecule has 2 aromatic rings. The zero-order valence-electron chi connectivity index (χ0n) is 9.31. The molecule has 0 radical (unpaired) electrons. The third-order valence-corrected chi connectivity index (χ3v) is 4.08. The Hall–Kier alpha value is -1.13. The number of nitrogens with zero attached hydrogens (tertiary/aromatic N) is 2. The second-order valence-corrected chi connectivity index (χ2v) is 5.56. The van der Waals surface area contributed by atoms with E-state index in [2.05, 4.69) is 35.0 Å². The lowest BCUT2D eigenvalue weighted by Crippen LogP contribution is -2.26. The number of aryl methyl sites for hydroxylation is 1. The quantitative estimate of drug-likeness (QED) is 0.820. The second kappa shape index (κ2) is 3.71. The predicted molar refractivity (Wildman–Crippen MR) is 69.2 cm³/mol. The van der Waals surface area contributed by atoms with E-state index in [0.717, 1.165) is 30.0 Å². The maximum absolute atomic E-state index is 5.96. The number of nitrogens with two attached hydrogens (primary N) is 1. The van der Waals surface area contributed by atoms with Gasteiger partial charge in [0.1, 0.15) is 0 Å². The average molecular weight is 233 g/mol. The van der Waals surface area contributed by atoms with Crippen LogP contribution >= 0.6 is 11.3 Å². The lowest BCUT2D eigenvalue weighted by molar-refractivity contribution is 0.752. The molecular formula is C12H15N3S. The fraction of sp³-hybridized carbons (Fsp3) is 0.417. The molecule has 0 bridgehead atoms. The highest BCUT2D eigenvalue weighted by molar-refractivity contribution is 7.19. The second-order valence-electron chi connectivity index (χ2n) is 4.35. The molecule has 0 spiro atoms. The molecule has 16 heavy (non-hydrogen) atoms. The Balaban J connectivity index is 2.09. The zero-order chi connectivity index (χ0) is 11.1. The molecule has 1 aromatic carbocycles. The highest BCUT2D eigenvalue weighted by Crippen LogP contribution is 2.33. The summed E-state index contributed by atoms with van der Waals surface area (Å²) < 4.78 is 1.30. The molecule has 0 aliphatic carbocycles. The van der Waals surface area contributed by atoms with Crippen molar-refractivity contribution in [2.75, 3.05) is 18.0 Å². The smallest absolute Gasteiger partial charge is 0.0908 e. The van der Waals surface area contributed by atoms with Gasteiger partial charge in [0.05, 0.1) is 20.9 Å². The van der Waals surface area contributed by atoms with Gasteiger partial charge in [-0.1, -0.05) is 6.07 Å². The highest BCUT2D eigenvalue weighted by atomic mass is 32.1. The van der Waals surface area contributed by atoms with Crippen LogP contribution < -0.4 is 10.6 Å². The van der Waals surface area contributed by atoms with E-state index in [4.69, 9.17) is 5.73 Å². The Kier molecular flexibility index (Phi) is 2.33. The molecule has 0 amide bonds. The van der Waals surface area contributed by atoms with Crippen LogP contribution in [-0.4, -0.2) is 24.1 Å². The summed E-state index contributed by atoms with van der Waals surface area (Å²) in [5.74, 6) is 0. The molecule has 1 unspecified atom stereocenters. The molecule has 1 fully saturated rings. The van der Waals surface area contributed by atoms with Crippen LogP contribution in [0, 0.1) is 6.92 Å². The van der Waals surface area contributed by atoms with E-state index in [1.807, 2.05) is 0 Å². The van der Waals surface area contributed by atoms with E-state index in [1.165, 1.54) is 10.4 Å². The number of anilines is 1. The maximum Gasteiger partial charge on any atom is 0.0908 e. The summed E-state index contributed by atoms with van der Waals surface area (Å²) in [6.45, 7) is 4.09. The fourth-order valence-corrected chi connectivity index (χ4v) is 3.26. The van der Waals surface area contributed by atoms with E-state index in [-0.39, 0.29) is 0 Å². The lowest BCUT2D eigenvalue weighted by Gasteiger charge is -2.18. The summed E-state index contributed by atoms with van der Waals surface area (Å²) >= 11 is 1.77. The summed E-state index contributed by atoms with van der Waals surface area (Å²) in [7, 11) is 0. The Bertz CT molecular complexity index is 520. The number of rotatable bonds is 1. The Morgan fingerprint density at radius 3 is 3.12 bits per heavy atom. The molecule has 2 heterocycles. The minimum atomic E-state index is 0.323. The van der Waals surface area contributed by atoms with Crippen LogP contribution in [0.4, 0.5) is 5.69 Å². The minimum absolute atomic E-state index is 0.323. The summed E-state index contributed by atoms with van der Waals surface area (Å²) in [4.78, 5) is 6.90. The van der Waals surface area contributed by atoms with Gasteiger partial charge < -0.3 is 10.6 Å². The predicted octanol–water partition coefficient (Wildman–Crippen LogP) is 2.14. The van der Waals surface area contributed by atoms with Crippen LogP contribution in [0.15, 0.2) is 18.2 Å². The minimum Gasteiger partial charge on any atom is -0.369 e. The van der Waals surface area contributed by atoms with Crippen LogP contribution in [0.25, 0.3) is 10.2 Å². The van der Waals surface area contributed by atoms with E-state index in [1.54, 1.807) is 11.3 Å². The van der Waals surface area contributed by atoms with Gasteiger partial charge in [0.25, 0.3) is 0 Å². The van der Waals surface area contributed by atoms with Gasteiger partial charge in [-0.3, -0.25) is 0 Å². The number of thiazole rings is 1. The Labute approximate surface area is 98.9 Å².